The second-order valence-corrected chi connectivity index (χ2v) is 7.64. The second kappa shape index (κ2) is 64.6. The lowest BCUT2D eigenvalue weighted by Gasteiger charge is -2.00. The molecule has 0 aromatic carbocycles. The van der Waals surface area contributed by atoms with E-state index in [0.717, 1.165) is 75.2 Å². The molecule has 20 nitrogen and oxygen atoms in total. The molecule has 0 aliphatic rings. The van der Waals surface area contributed by atoms with Crippen LogP contribution in [0.15, 0.2) is 0 Å². The maximum absolute atomic E-state index is 10.9. The number of carboxylic acid groups (broad SMARTS) is 9. The Morgan fingerprint density at radius 2 is 0.521 bits per heavy atom. The molecule has 0 saturated heterocycles. The predicted octanol–water partition coefficient (Wildman–Crippen LogP) is 3.73. The largest absolute Gasteiger partial charge is 0.481 e. The lowest BCUT2D eigenvalue weighted by molar-refractivity contribution is -0.143. The van der Waals surface area contributed by atoms with Crippen LogP contribution < -0.4 is 0 Å². The minimum atomic E-state index is -0.833. The minimum absolute atomic E-state index is 0.0472. The molecule has 0 aromatic rings. The van der Waals surface area contributed by atoms with E-state index in [1.54, 1.807) is 0 Å². The summed E-state index contributed by atoms with van der Waals surface area (Å²) in [5, 5.41) is 66.7. The molecule has 20 heteroatoms. The lowest BCUT2D eigenvalue weighted by Crippen LogP contribution is -2.02. The van der Waals surface area contributed by atoms with Gasteiger partial charge in [-0.2, -0.15) is 0 Å². The average Bonchev–Trinajstić information content (AvgIpc) is 2.76. The maximum atomic E-state index is 10.9. The SMILES string of the molecule is CC(=O)O.CC(=O)O.CC(=O)O.CC(=O)O.CC(=O)O.CC(=O)O.CC(=O)O.CC(=O)O.CC(=O)O.CCCCCCCC(=O)OCC. The van der Waals surface area contributed by atoms with E-state index in [4.69, 9.17) is 93.8 Å². The van der Waals surface area contributed by atoms with Crippen molar-refractivity contribution < 1.29 is 98.6 Å². The van der Waals surface area contributed by atoms with Gasteiger partial charge in [-0.25, -0.2) is 0 Å². The molecular weight excluding hydrogens is 656 g/mol. The molecule has 0 fully saturated rings. The number of esters is 1. The summed E-state index contributed by atoms with van der Waals surface area (Å²) in [6, 6.07) is 0. The first-order chi connectivity index (χ1) is 21.4. The van der Waals surface area contributed by atoms with Crippen molar-refractivity contribution in [1.29, 1.82) is 0 Å². The van der Waals surface area contributed by atoms with E-state index >= 15 is 0 Å². The summed E-state index contributed by atoms with van der Waals surface area (Å²) in [7, 11) is 0. The van der Waals surface area contributed by atoms with Gasteiger partial charge < -0.3 is 50.7 Å². The highest BCUT2D eigenvalue weighted by Crippen LogP contribution is 2.05. The van der Waals surface area contributed by atoms with Gasteiger partial charge in [0.1, 0.15) is 0 Å². The minimum Gasteiger partial charge on any atom is -0.481 e. The number of carboxylic acids is 9. The van der Waals surface area contributed by atoms with Crippen molar-refractivity contribution in [2.24, 2.45) is 0 Å². The Balaban J connectivity index is -0.0000000437. The van der Waals surface area contributed by atoms with E-state index in [2.05, 4.69) is 6.92 Å². The van der Waals surface area contributed by atoms with Gasteiger partial charge in [0.25, 0.3) is 53.7 Å². The Morgan fingerprint density at radius 3 is 0.667 bits per heavy atom. The topological polar surface area (TPSA) is 362 Å². The number of hydrogen-bond donors (Lipinski definition) is 9. The summed E-state index contributed by atoms with van der Waals surface area (Å²) in [5.41, 5.74) is 0. The normalized spacial score (nSPS) is 7.15. The fraction of sp³-hybridized carbons (Fsp3) is 0.643. The molecule has 0 unspecified atom stereocenters. The number of unbranched alkanes of at least 4 members (excludes halogenated alkanes) is 4. The molecular formula is C28H56O20. The smallest absolute Gasteiger partial charge is 0.305 e. The molecule has 0 radical (unpaired) electrons. The van der Waals surface area contributed by atoms with Crippen molar-refractivity contribution in [3.8, 4) is 0 Å². The highest BCUT2D eigenvalue weighted by atomic mass is 16.5. The molecule has 0 heterocycles. The first-order valence-electron chi connectivity index (χ1n) is 13.3. The molecule has 0 aromatic heterocycles. The van der Waals surface area contributed by atoms with E-state index < -0.39 is 53.7 Å². The molecule has 0 atom stereocenters. The summed E-state index contributed by atoms with van der Waals surface area (Å²) in [4.78, 5) is 91.9. The highest BCUT2D eigenvalue weighted by Gasteiger charge is 1.99. The van der Waals surface area contributed by atoms with Gasteiger partial charge in [0, 0.05) is 68.7 Å². The molecule has 48 heavy (non-hydrogen) atoms. The zero-order valence-electron chi connectivity index (χ0n) is 29.5. The van der Waals surface area contributed by atoms with Crippen LogP contribution >= 0.6 is 0 Å². The van der Waals surface area contributed by atoms with Crippen LogP contribution in [0.25, 0.3) is 0 Å². The van der Waals surface area contributed by atoms with E-state index in [1.165, 1.54) is 19.3 Å². The number of ether oxygens (including phenoxy) is 1. The van der Waals surface area contributed by atoms with Crippen molar-refractivity contribution in [1.82, 2.24) is 0 Å². The van der Waals surface area contributed by atoms with Crippen LogP contribution in [0.5, 0.6) is 0 Å². The zero-order valence-corrected chi connectivity index (χ0v) is 29.5. The third-order valence-corrected chi connectivity index (χ3v) is 1.79. The lowest BCUT2D eigenvalue weighted by atomic mass is 10.1. The average molecular weight is 713 g/mol. The molecule has 0 rings (SSSR count). The number of carbonyl (C=O) groups is 10. The Morgan fingerprint density at radius 1 is 0.354 bits per heavy atom. The van der Waals surface area contributed by atoms with Gasteiger partial charge in [-0.05, 0) is 13.3 Å². The Bertz CT molecular complexity index is 628. The van der Waals surface area contributed by atoms with Gasteiger partial charge in [0.2, 0.25) is 0 Å². The Kier molecular flexibility index (Phi) is 93.5. The van der Waals surface area contributed by atoms with Gasteiger partial charge in [-0.15, -0.1) is 0 Å². The van der Waals surface area contributed by atoms with E-state index in [9.17, 15) is 4.79 Å². The van der Waals surface area contributed by atoms with Crippen molar-refractivity contribution in [3.05, 3.63) is 0 Å². The van der Waals surface area contributed by atoms with Gasteiger partial charge in [0.15, 0.2) is 0 Å². The summed E-state index contributed by atoms with van der Waals surface area (Å²) in [6.07, 6.45) is 6.52. The first kappa shape index (κ1) is 69.4. The summed E-state index contributed by atoms with van der Waals surface area (Å²) in [5.74, 6) is -7.55. The fourth-order valence-corrected chi connectivity index (χ4v) is 1.11. The molecule has 0 spiro atoms. The van der Waals surface area contributed by atoms with E-state index in [1.807, 2.05) is 6.92 Å². The molecule has 9 N–H and O–H groups in total. The van der Waals surface area contributed by atoms with Crippen LogP contribution in [0, 0.1) is 0 Å². The van der Waals surface area contributed by atoms with Crippen LogP contribution in [0.4, 0.5) is 0 Å². The Hall–Kier alpha value is -5.30. The van der Waals surface area contributed by atoms with Crippen molar-refractivity contribution >= 4 is 59.7 Å². The van der Waals surface area contributed by atoms with Crippen LogP contribution in [0.1, 0.15) is 115 Å². The summed E-state index contributed by atoms with van der Waals surface area (Å²) in [6.45, 7) is 14.3. The van der Waals surface area contributed by atoms with Crippen LogP contribution in [0.3, 0.4) is 0 Å². The summed E-state index contributed by atoms with van der Waals surface area (Å²) < 4.78 is 4.81. The Labute approximate surface area is 280 Å². The van der Waals surface area contributed by atoms with Crippen LogP contribution in [0.2, 0.25) is 0 Å². The molecule has 0 bridgehead atoms. The number of aliphatic carboxylic acids is 9. The molecule has 0 saturated carbocycles. The molecule has 0 amide bonds. The van der Waals surface area contributed by atoms with E-state index in [0.29, 0.717) is 13.0 Å². The van der Waals surface area contributed by atoms with Crippen molar-refractivity contribution in [2.75, 3.05) is 6.61 Å². The third kappa shape index (κ3) is 2900. The van der Waals surface area contributed by atoms with Gasteiger partial charge in [-0.3, -0.25) is 47.9 Å². The van der Waals surface area contributed by atoms with Crippen LogP contribution in [-0.4, -0.2) is 112 Å². The standard InChI is InChI=1S/C10H20O2.9C2H4O2/c1-3-5-6-7-8-9-10(11)12-4-2;9*1-2(3)4/h3-9H2,1-2H3;9*1H3,(H,3,4). The third-order valence-electron chi connectivity index (χ3n) is 1.79. The first-order valence-corrected chi connectivity index (χ1v) is 13.3. The number of carbonyl (C=O) groups excluding carboxylic acids is 1. The van der Waals surface area contributed by atoms with Gasteiger partial charge >= 0.3 is 5.97 Å². The quantitative estimate of drug-likeness (QED) is 0.134. The number of rotatable bonds is 7. The molecule has 288 valence electrons. The fourth-order valence-electron chi connectivity index (χ4n) is 1.11. The highest BCUT2D eigenvalue weighted by molar-refractivity contribution is 5.69. The second-order valence-electron chi connectivity index (χ2n) is 7.64. The van der Waals surface area contributed by atoms with Crippen LogP contribution in [-0.2, 0) is 52.7 Å². The van der Waals surface area contributed by atoms with Gasteiger partial charge in [0.05, 0.1) is 6.61 Å². The van der Waals surface area contributed by atoms with Crippen molar-refractivity contribution in [3.63, 3.8) is 0 Å². The maximum Gasteiger partial charge on any atom is 0.305 e. The molecule has 0 aliphatic carbocycles. The van der Waals surface area contributed by atoms with Crippen molar-refractivity contribution in [2.45, 2.75) is 115 Å². The predicted molar refractivity (Wildman–Crippen MR) is 170 cm³/mol. The van der Waals surface area contributed by atoms with Gasteiger partial charge in [-0.1, -0.05) is 32.6 Å². The zero-order chi connectivity index (χ0) is 41.4. The monoisotopic (exact) mass is 712 g/mol. The van der Waals surface area contributed by atoms with E-state index in [-0.39, 0.29) is 5.97 Å². The molecule has 0 aliphatic heterocycles. The number of hydrogen-bond acceptors (Lipinski definition) is 11. The summed E-state index contributed by atoms with van der Waals surface area (Å²) >= 11 is 0.